The van der Waals surface area contributed by atoms with Crippen LogP contribution in [-0.2, 0) is 6.54 Å². The molecule has 2 rings (SSSR count). The molecule has 0 bridgehead atoms. The van der Waals surface area contributed by atoms with E-state index in [1.165, 1.54) is 44.5 Å². The Hall–Kier alpha value is -1.07. The Morgan fingerprint density at radius 1 is 1.25 bits per heavy atom. The zero-order valence-electron chi connectivity index (χ0n) is 15.6. The summed E-state index contributed by atoms with van der Waals surface area (Å²) in [5, 5.41) is 11.1. The number of likely N-dealkylation sites (tertiary alicyclic amines) is 1. The average Bonchev–Trinajstić information content (AvgIpc) is 3.04. The van der Waals surface area contributed by atoms with Crippen molar-refractivity contribution < 1.29 is 0 Å². The molecular formula is C19H34N4S. The molecule has 136 valence electrons. The molecule has 2 unspecified atom stereocenters. The van der Waals surface area contributed by atoms with Crippen LogP contribution in [0.1, 0.15) is 45.6 Å². The molecule has 2 heterocycles. The molecule has 0 aliphatic carbocycles. The lowest BCUT2D eigenvalue weighted by atomic mass is 9.92. The van der Waals surface area contributed by atoms with E-state index in [9.17, 15) is 0 Å². The summed E-state index contributed by atoms with van der Waals surface area (Å²) in [6.07, 6.45) is 3.85. The third-order valence-corrected chi connectivity index (χ3v) is 5.21. The predicted molar refractivity (Wildman–Crippen MR) is 106 cm³/mol. The molecule has 0 radical (unpaired) electrons. The Bertz CT molecular complexity index is 462. The zero-order valence-corrected chi connectivity index (χ0v) is 16.4. The standard InChI is InChI=1S/C19H34N4S/c1-4-20-19(22-12-18-7-10-24-15-18)21-8-5-6-9-23-13-16(2)11-17(3)14-23/h7,10,15-17H,4-6,8-9,11-14H2,1-3H3,(H2,20,21,22). The SMILES string of the molecule is CCNC(=NCc1ccsc1)NCCCCN1CC(C)CC(C)C1. The number of hydrogen-bond donors (Lipinski definition) is 2. The summed E-state index contributed by atoms with van der Waals surface area (Å²) in [4.78, 5) is 7.30. The molecule has 0 aromatic carbocycles. The van der Waals surface area contributed by atoms with Crippen molar-refractivity contribution in [2.75, 3.05) is 32.7 Å². The number of nitrogens with zero attached hydrogens (tertiary/aromatic N) is 2. The van der Waals surface area contributed by atoms with Crippen LogP contribution in [0, 0.1) is 11.8 Å². The minimum absolute atomic E-state index is 0.752. The van der Waals surface area contributed by atoms with Crippen LogP contribution in [0.2, 0.25) is 0 Å². The summed E-state index contributed by atoms with van der Waals surface area (Å²) in [6, 6.07) is 2.14. The normalized spacial score (nSPS) is 22.5. The fourth-order valence-corrected chi connectivity index (χ4v) is 4.20. The van der Waals surface area contributed by atoms with Crippen LogP contribution in [0.5, 0.6) is 0 Å². The van der Waals surface area contributed by atoms with Gasteiger partial charge in [-0.1, -0.05) is 13.8 Å². The Balaban J connectivity index is 1.62. The highest BCUT2D eigenvalue weighted by Crippen LogP contribution is 2.20. The molecule has 24 heavy (non-hydrogen) atoms. The Morgan fingerprint density at radius 3 is 2.71 bits per heavy atom. The fraction of sp³-hybridized carbons (Fsp3) is 0.737. The number of rotatable bonds is 8. The average molecular weight is 351 g/mol. The van der Waals surface area contributed by atoms with Crippen LogP contribution < -0.4 is 10.6 Å². The molecule has 5 heteroatoms. The molecular weight excluding hydrogens is 316 g/mol. The summed E-state index contributed by atoms with van der Waals surface area (Å²) >= 11 is 1.73. The van der Waals surface area contributed by atoms with Gasteiger partial charge in [-0.15, -0.1) is 0 Å². The van der Waals surface area contributed by atoms with Crippen LogP contribution in [0.25, 0.3) is 0 Å². The van der Waals surface area contributed by atoms with Gasteiger partial charge in [-0.25, -0.2) is 4.99 Å². The first-order valence-corrected chi connectivity index (χ1v) is 10.4. The van der Waals surface area contributed by atoms with Crippen molar-refractivity contribution in [2.24, 2.45) is 16.8 Å². The van der Waals surface area contributed by atoms with Gasteiger partial charge in [0.25, 0.3) is 0 Å². The maximum Gasteiger partial charge on any atom is 0.191 e. The monoisotopic (exact) mass is 350 g/mol. The van der Waals surface area contributed by atoms with E-state index in [1.54, 1.807) is 11.3 Å². The molecule has 1 fully saturated rings. The number of nitrogens with one attached hydrogen (secondary N) is 2. The zero-order chi connectivity index (χ0) is 17.2. The second kappa shape index (κ2) is 10.7. The summed E-state index contributed by atoms with van der Waals surface area (Å²) in [7, 11) is 0. The van der Waals surface area contributed by atoms with Crippen molar-refractivity contribution in [3.8, 4) is 0 Å². The lowest BCUT2D eigenvalue weighted by molar-refractivity contribution is 0.139. The van der Waals surface area contributed by atoms with Crippen molar-refractivity contribution in [1.82, 2.24) is 15.5 Å². The lowest BCUT2D eigenvalue weighted by Gasteiger charge is -2.34. The first-order chi connectivity index (χ1) is 11.7. The fourth-order valence-electron chi connectivity index (χ4n) is 3.54. The molecule has 2 atom stereocenters. The molecule has 0 spiro atoms. The van der Waals surface area contributed by atoms with E-state index in [2.05, 4.69) is 58.1 Å². The minimum Gasteiger partial charge on any atom is -0.357 e. The Kier molecular flexibility index (Phi) is 8.60. The summed E-state index contributed by atoms with van der Waals surface area (Å²) in [5.74, 6) is 2.65. The number of guanidine groups is 1. The maximum atomic E-state index is 4.65. The molecule has 1 aliphatic rings. The van der Waals surface area contributed by atoms with Crippen LogP contribution in [0.15, 0.2) is 21.8 Å². The van der Waals surface area contributed by atoms with Gasteiger partial charge in [0, 0.05) is 26.2 Å². The molecule has 4 nitrogen and oxygen atoms in total. The molecule has 2 N–H and O–H groups in total. The first kappa shape index (κ1) is 19.3. The Labute approximate surface area is 151 Å². The Morgan fingerprint density at radius 2 is 2.04 bits per heavy atom. The van der Waals surface area contributed by atoms with Gasteiger partial charge in [-0.05, 0) is 67.0 Å². The van der Waals surface area contributed by atoms with Crippen LogP contribution in [0.4, 0.5) is 0 Å². The lowest BCUT2D eigenvalue weighted by Crippen LogP contribution is -2.40. The van der Waals surface area contributed by atoms with E-state index in [-0.39, 0.29) is 0 Å². The van der Waals surface area contributed by atoms with Gasteiger partial charge in [0.15, 0.2) is 5.96 Å². The number of unbranched alkanes of at least 4 members (excludes halogenated alkanes) is 1. The van der Waals surface area contributed by atoms with E-state index in [0.717, 1.165) is 37.4 Å². The van der Waals surface area contributed by atoms with Crippen molar-refractivity contribution in [2.45, 2.75) is 46.6 Å². The predicted octanol–water partition coefficient (Wildman–Crippen LogP) is 3.56. The molecule has 0 amide bonds. The smallest absolute Gasteiger partial charge is 0.191 e. The van der Waals surface area contributed by atoms with Crippen LogP contribution >= 0.6 is 11.3 Å². The highest BCUT2D eigenvalue weighted by molar-refractivity contribution is 7.07. The summed E-state index contributed by atoms with van der Waals surface area (Å²) < 4.78 is 0. The molecule has 1 saturated heterocycles. The summed E-state index contributed by atoms with van der Waals surface area (Å²) in [5.41, 5.74) is 1.28. The largest absolute Gasteiger partial charge is 0.357 e. The van der Waals surface area contributed by atoms with Crippen LogP contribution in [-0.4, -0.2) is 43.6 Å². The van der Waals surface area contributed by atoms with Crippen molar-refractivity contribution in [3.05, 3.63) is 22.4 Å². The van der Waals surface area contributed by atoms with Gasteiger partial charge in [-0.2, -0.15) is 11.3 Å². The van der Waals surface area contributed by atoms with Gasteiger partial charge in [0.2, 0.25) is 0 Å². The first-order valence-electron chi connectivity index (χ1n) is 9.43. The second-order valence-electron chi connectivity index (χ2n) is 7.17. The number of thiophene rings is 1. The number of hydrogen-bond acceptors (Lipinski definition) is 3. The number of aliphatic imine (C=N–C) groups is 1. The van der Waals surface area contributed by atoms with E-state index < -0.39 is 0 Å². The van der Waals surface area contributed by atoms with E-state index >= 15 is 0 Å². The van der Waals surface area contributed by atoms with Gasteiger partial charge in [0.05, 0.1) is 6.54 Å². The molecule has 1 aliphatic heterocycles. The van der Waals surface area contributed by atoms with E-state index in [1.807, 2.05) is 0 Å². The topological polar surface area (TPSA) is 39.7 Å². The highest BCUT2D eigenvalue weighted by atomic mass is 32.1. The van der Waals surface area contributed by atoms with Crippen molar-refractivity contribution in [3.63, 3.8) is 0 Å². The second-order valence-corrected chi connectivity index (χ2v) is 7.95. The maximum absolute atomic E-state index is 4.65. The number of piperidine rings is 1. The van der Waals surface area contributed by atoms with Gasteiger partial charge in [0.1, 0.15) is 0 Å². The summed E-state index contributed by atoms with van der Waals surface area (Å²) in [6.45, 7) is 13.3. The highest BCUT2D eigenvalue weighted by Gasteiger charge is 2.20. The molecule has 1 aromatic rings. The van der Waals surface area contributed by atoms with Gasteiger partial charge < -0.3 is 15.5 Å². The van der Waals surface area contributed by atoms with Crippen LogP contribution in [0.3, 0.4) is 0 Å². The molecule has 1 aromatic heterocycles. The van der Waals surface area contributed by atoms with E-state index in [4.69, 9.17) is 0 Å². The quantitative estimate of drug-likeness (QED) is 0.428. The van der Waals surface area contributed by atoms with Gasteiger partial charge >= 0.3 is 0 Å². The van der Waals surface area contributed by atoms with Crippen molar-refractivity contribution in [1.29, 1.82) is 0 Å². The third-order valence-electron chi connectivity index (χ3n) is 4.48. The van der Waals surface area contributed by atoms with Gasteiger partial charge in [-0.3, -0.25) is 0 Å². The van der Waals surface area contributed by atoms with E-state index in [0.29, 0.717) is 0 Å². The minimum atomic E-state index is 0.752. The molecule has 0 saturated carbocycles. The van der Waals surface area contributed by atoms with Crippen molar-refractivity contribution >= 4 is 17.3 Å². The third kappa shape index (κ3) is 7.22.